The second-order valence-electron chi connectivity index (χ2n) is 10.3. The highest BCUT2D eigenvalue weighted by molar-refractivity contribution is 7.91. The zero-order valence-electron chi connectivity index (χ0n) is 21.1. The Morgan fingerprint density at radius 2 is 1.71 bits per heavy atom. The molecular formula is C27H35N3O3S. The number of rotatable bonds is 7. The average molecular weight is 482 g/mol. The van der Waals surface area contributed by atoms with Crippen LogP contribution in [0.1, 0.15) is 68.7 Å². The molecule has 7 heteroatoms. The van der Waals surface area contributed by atoms with Gasteiger partial charge in [0.15, 0.2) is 15.6 Å². The number of ketones is 1. The predicted molar refractivity (Wildman–Crippen MR) is 139 cm³/mol. The predicted octanol–water partition coefficient (Wildman–Crippen LogP) is 4.97. The van der Waals surface area contributed by atoms with Gasteiger partial charge in [-0.1, -0.05) is 19.9 Å². The molecule has 0 fully saturated rings. The van der Waals surface area contributed by atoms with Crippen molar-refractivity contribution in [1.82, 2.24) is 9.88 Å². The lowest BCUT2D eigenvalue weighted by atomic mass is 9.71. The first-order valence-corrected chi connectivity index (χ1v) is 13.6. The van der Waals surface area contributed by atoms with Gasteiger partial charge in [0.1, 0.15) is 0 Å². The first kappa shape index (κ1) is 24.5. The fourth-order valence-corrected chi connectivity index (χ4v) is 6.47. The van der Waals surface area contributed by atoms with Crippen molar-refractivity contribution in [3.8, 4) is 0 Å². The fourth-order valence-electron chi connectivity index (χ4n) is 5.21. The van der Waals surface area contributed by atoms with E-state index in [1.54, 1.807) is 18.2 Å². The lowest BCUT2D eigenvalue weighted by molar-refractivity contribution is 0.103. The molecule has 1 aliphatic carbocycles. The summed E-state index contributed by atoms with van der Waals surface area (Å²) in [5, 5.41) is 4.02. The maximum atomic E-state index is 13.6. The maximum absolute atomic E-state index is 13.6. The van der Waals surface area contributed by atoms with Crippen LogP contribution < -0.4 is 5.32 Å². The molecule has 6 nitrogen and oxygen atoms in total. The van der Waals surface area contributed by atoms with Crippen LogP contribution in [0.15, 0.2) is 41.3 Å². The summed E-state index contributed by atoms with van der Waals surface area (Å²) < 4.78 is 26.6. The highest BCUT2D eigenvalue weighted by atomic mass is 32.2. The summed E-state index contributed by atoms with van der Waals surface area (Å²) in [7, 11) is -1.65. The Bertz CT molecular complexity index is 1360. The summed E-state index contributed by atoms with van der Waals surface area (Å²) >= 11 is 0. The van der Waals surface area contributed by atoms with Gasteiger partial charge in [0.25, 0.3) is 0 Å². The van der Waals surface area contributed by atoms with Gasteiger partial charge in [-0.05, 0) is 63.6 Å². The Labute approximate surface area is 202 Å². The van der Waals surface area contributed by atoms with Crippen LogP contribution in [0.4, 0.5) is 5.69 Å². The smallest absolute Gasteiger partial charge is 0.195 e. The van der Waals surface area contributed by atoms with E-state index >= 15 is 0 Å². The second kappa shape index (κ2) is 8.54. The van der Waals surface area contributed by atoms with E-state index in [2.05, 4.69) is 42.9 Å². The minimum atomic E-state index is -3.51. The molecule has 182 valence electrons. The molecule has 0 saturated carbocycles. The molecule has 2 N–H and O–H groups in total. The van der Waals surface area contributed by atoms with Crippen molar-refractivity contribution in [2.75, 3.05) is 24.7 Å². The number of hydrogen-bond donors (Lipinski definition) is 2. The number of nitrogens with zero attached hydrogens (tertiary/aromatic N) is 1. The normalized spacial score (nSPS) is 15.3. The van der Waals surface area contributed by atoms with Crippen molar-refractivity contribution in [3.63, 3.8) is 0 Å². The Balaban J connectivity index is 1.76. The zero-order valence-corrected chi connectivity index (χ0v) is 21.9. The number of hydrogen-bond acceptors (Lipinski definition) is 5. The van der Waals surface area contributed by atoms with Crippen LogP contribution in [0.25, 0.3) is 10.9 Å². The number of fused-ring (bicyclic) bond motifs is 4. The third-order valence-corrected chi connectivity index (χ3v) is 8.84. The second-order valence-corrected chi connectivity index (χ2v) is 12.4. The molecule has 1 heterocycles. The van der Waals surface area contributed by atoms with Crippen LogP contribution in [-0.2, 0) is 15.3 Å². The molecule has 0 bridgehead atoms. The lowest BCUT2D eigenvalue weighted by Gasteiger charge is -2.32. The molecule has 0 aliphatic heterocycles. The van der Waals surface area contributed by atoms with Gasteiger partial charge in [-0.2, -0.15) is 0 Å². The number of carbonyl (C=O) groups excluding carboxylic acids is 1. The van der Waals surface area contributed by atoms with Crippen molar-refractivity contribution in [2.24, 2.45) is 0 Å². The van der Waals surface area contributed by atoms with Crippen LogP contribution in [0.5, 0.6) is 0 Å². The average Bonchev–Trinajstić information content (AvgIpc) is 3.17. The zero-order chi connectivity index (χ0) is 25.0. The molecule has 3 aromatic rings. The molecule has 0 unspecified atom stereocenters. The summed E-state index contributed by atoms with van der Waals surface area (Å²) in [6, 6.07) is 11.4. The van der Waals surface area contributed by atoms with Gasteiger partial charge in [0.2, 0.25) is 0 Å². The van der Waals surface area contributed by atoms with Crippen molar-refractivity contribution >= 4 is 32.2 Å². The first-order chi connectivity index (χ1) is 15.9. The molecule has 1 aliphatic rings. The van der Waals surface area contributed by atoms with Gasteiger partial charge in [-0.15, -0.1) is 0 Å². The molecular weight excluding hydrogens is 446 g/mol. The molecule has 0 amide bonds. The van der Waals surface area contributed by atoms with Gasteiger partial charge in [-0.3, -0.25) is 9.69 Å². The van der Waals surface area contributed by atoms with E-state index in [0.717, 1.165) is 27.8 Å². The van der Waals surface area contributed by atoms with E-state index in [1.165, 1.54) is 0 Å². The Hall–Kier alpha value is -2.64. The number of benzene rings is 2. The van der Waals surface area contributed by atoms with Crippen molar-refractivity contribution in [3.05, 3.63) is 58.8 Å². The first-order valence-electron chi connectivity index (χ1n) is 11.9. The molecule has 0 saturated heterocycles. The van der Waals surface area contributed by atoms with Gasteiger partial charge in [0, 0.05) is 58.9 Å². The molecule has 2 aromatic carbocycles. The monoisotopic (exact) mass is 481 g/mol. The molecule has 1 aromatic heterocycles. The number of nitrogens with one attached hydrogen (secondary N) is 2. The summed E-state index contributed by atoms with van der Waals surface area (Å²) in [6.45, 7) is 12.9. The van der Waals surface area contributed by atoms with E-state index in [1.807, 2.05) is 39.1 Å². The van der Waals surface area contributed by atoms with E-state index in [9.17, 15) is 13.2 Å². The number of aromatic nitrogens is 1. The number of carbonyl (C=O) groups is 1. The van der Waals surface area contributed by atoms with Gasteiger partial charge in [-0.25, -0.2) is 8.42 Å². The molecule has 0 atom stereocenters. The van der Waals surface area contributed by atoms with Crippen molar-refractivity contribution in [2.45, 2.75) is 63.9 Å². The molecule has 34 heavy (non-hydrogen) atoms. The lowest BCUT2D eigenvalue weighted by Crippen LogP contribution is -2.40. The maximum Gasteiger partial charge on any atom is 0.195 e. The summed E-state index contributed by atoms with van der Waals surface area (Å²) in [5.74, 6) is -0.0245. The topological polar surface area (TPSA) is 82.3 Å². The third kappa shape index (κ3) is 3.95. The third-order valence-electron chi connectivity index (χ3n) is 7.15. The van der Waals surface area contributed by atoms with Crippen LogP contribution in [0.3, 0.4) is 0 Å². The van der Waals surface area contributed by atoms with Gasteiger partial charge in [0.05, 0.1) is 16.2 Å². The number of aromatic amines is 1. The number of H-pyrrole nitrogens is 1. The molecule has 0 spiro atoms. The summed E-state index contributed by atoms with van der Waals surface area (Å²) in [4.78, 5) is 19.5. The summed E-state index contributed by atoms with van der Waals surface area (Å²) in [6.07, 6.45) is 0. The largest absolute Gasteiger partial charge is 0.388 e. The van der Waals surface area contributed by atoms with E-state index in [0.29, 0.717) is 17.7 Å². The van der Waals surface area contributed by atoms with Crippen LogP contribution >= 0.6 is 0 Å². The minimum absolute atomic E-state index is 0.0426. The van der Waals surface area contributed by atoms with E-state index in [4.69, 9.17) is 0 Å². The van der Waals surface area contributed by atoms with Crippen molar-refractivity contribution in [1.29, 1.82) is 0 Å². The molecule has 0 radical (unpaired) electrons. The SMILES string of the molecule is CNc1ccc2c3c([nH]c2c1)C(C)(C)c1cc(S(=O)(=O)CCN(C(C)C)C(C)C)ccc1C3=O. The van der Waals surface area contributed by atoms with E-state index < -0.39 is 15.3 Å². The van der Waals surface area contributed by atoms with E-state index in [-0.39, 0.29) is 28.5 Å². The highest BCUT2D eigenvalue weighted by Crippen LogP contribution is 2.44. The van der Waals surface area contributed by atoms with Crippen molar-refractivity contribution < 1.29 is 13.2 Å². The van der Waals surface area contributed by atoms with Crippen LogP contribution in [0, 0.1) is 0 Å². The Morgan fingerprint density at radius 1 is 1.03 bits per heavy atom. The minimum Gasteiger partial charge on any atom is -0.388 e. The standard InChI is InChI=1S/C27H35N3O3S/c1-16(2)30(17(3)4)12-13-34(32,33)19-9-11-20-22(15-19)27(5,6)26-24(25(20)31)21-10-8-18(28-7)14-23(21)29-26/h8-11,14-17,28-29H,12-13H2,1-7H3. The summed E-state index contributed by atoms with van der Waals surface area (Å²) in [5.41, 5.74) is 4.12. The quantitative estimate of drug-likeness (QED) is 0.498. The van der Waals surface area contributed by atoms with Crippen LogP contribution in [0.2, 0.25) is 0 Å². The van der Waals surface area contributed by atoms with Crippen LogP contribution in [-0.4, -0.2) is 55.5 Å². The number of anilines is 1. The molecule has 4 rings (SSSR count). The fraction of sp³-hybridized carbons (Fsp3) is 0.444. The van der Waals surface area contributed by atoms with Gasteiger partial charge >= 0.3 is 0 Å². The number of sulfone groups is 1. The Kier molecular flexibility index (Phi) is 6.15. The highest BCUT2D eigenvalue weighted by Gasteiger charge is 2.40. The van der Waals surface area contributed by atoms with Gasteiger partial charge < -0.3 is 10.3 Å². The Morgan fingerprint density at radius 3 is 2.32 bits per heavy atom.